The first-order valence-corrected chi connectivity index (χ1v) is 5.78. The van der Waals surface area contributed by atoms with Crippen LogP contribution in [-0.4, -0.2) is 4.98 Å². The first kappa shape index (κ1) is 11.5. The van der Waals surface area contributed by atoms with Crippen LogP contribution >= 0.6 is 0 Å². The van der Waals surface area contributed by atoms with Crippen LogP contribution in [0.5, 0.6) is 0 Å². The summed E-state index contributed by atoms with van der Waals surface area (Å²) < 4.78 is 28.0. The molecule has 0 bridgehead atoms. The predicted molar refractivity (Wildman–Crippen MR) is 59.9 cm³/mol. The van der Waals surface area contributed by atoms with E-state index < -0.39 is 5.92 Å². The van der Waals surface area contributed by atoms with Gasteiger partial charge in [-0.25, -0.2) is 8.78 Å². The number of hydrogen-bond acceptors (Lipinski definition) is 1. The maximum Gasteiger partial charge on any atom is 0.275 e. The number of rotatable bonds is 0. The van der Waals surface area contributed by atoms with Gasteiger partial charge in [0.15, 0.2) is 0 Å². The van der Waals surface area contributed by atoms with Crippen molar-refractivity contribution >= 4 is 0 Å². The van der Waals surface area contributed by atoms with Crippen molar-refractivity contribution in [3.63, 3.8) is 0 Å². The Bertz CT molecular complexity index is 424. The first-order valence-electron chi connectivity index (χ1n) is 5.78. The fourth-order valence-corrected chi connectivity index (χ4v) is 2.59. The van der Waals surface area contributed by atoms with Gasteiger partial charge in [-0.05, 0) is 51.2 Å². The topological polar surface area (TPSA) is 12.9 Å². The molecule has 1 aromatic rings. The van der Waals surface area contributed by atoms with Gasteiger partial charge in [-0.2, -0.15) is 0 Å². The van der Waals surface area contributed by atoms with Crippen molar-refractivity contribution in [2.75, 3.05) is 0 Å². The van der Waals surface area contributed by atoms with Crippen LogP contribution < -0.4 is 0 Å². The van der Waals surface area contributed by atoms with Gasteiger partial charge in [0.1, 0.15) is 0 Å². The van der Waals surface area contributed by atoms with Gasteiger partial charge in [0.05, 0.1) is 0 Å². The zero-order valence-corrected chi connectivity index (χ0v) is 10.0. The van der Waals surface area contributed by atoms with Crippen molar-refractivity contribution in [1.82, 2.24) is 4.98 Å². The number of alkyl halides is 2. The zero-order chi connectivity index (χ0) is 11.9. The van der Waals surface area contributed by atoms with Gasteiger partial charge in [0.25, 0.3) is 5.92 Å². The summed E-state index contributed by atoms with van der Waals surface area (Å²) in [5.74, 6) is -2.69. The number of hydrogen-bond donors (Lipinski definition) is 0. The molecule has 0 N–H and O–H groups in total. The molecule has 0 amide bonds. The van der Waals surface area contributed by atoms with E-state index in [1.807, 2.05) is 13.8 Å². The summed E-state index contributed by atoms with van der Waals surface area (Å²) in [5, 5.41) is 0. The van der Waals surface area contributed by atoms with Gasteiger partial charge in [0.2, 0.25) is 0 Å². The quantitative estimate of drug-likeness (QED) is 0.611. The summed E-state index contributed by atoms with van der Waals surface area (Å²) in [6.45, 7) is 5.50. The number of nitrogens with zero attached hydrogens (tertiary/aromatic N) is 1. The second-order valence-electron chi connectivity index (χ2n) is 4.67. The molecule has 0 unspecified atom stereocenters. The molecule has 0 radical (unpaired) electrons. The van der Waals surface area contributed by atoms with Gasteiger partial charge >= 0.3 is 0 Å². The normalized spacial score (nSPS) is 19.1. The Balaban J connectivity index is 2.71. The highest BCUT2D eigenvalue weighted by atomic mass is 19.3. The standard InChI is InChI=1S/C13H17F2N/c1-8-9(2)16-10(3)12-11(8)6-4-5-7-13(12,14)15/h4-7H2,1-3H3. The molecule has 0 spiro atoms. The van der Waals surface area contributed by atoms with E-state index in [0.717, 1.165) is 29.7 Å². The molecule has 0 atom stereocenters. The molecule has 88 valence electrons. The number of aryl methyl sites for hydroxylation is 2. The summed E-state index contributed by atoms with van der Waals surface area (Å²) >= 11 is 0. The Labute approximate surface area is 94.9 Å². The van der Waals surface area contributed by atoms with Crippen LogP contribution in [0.1, 0.15) is 47.3 Å². The van der Waals surface area contributed by atoms with E-state index in [4.69, 9.17) is 0 Å². The van der Waals surface area contributed by atoms with Crippen LogP contribution in [0.25, 0.3) is 0 Å². The fourth-order valence-electron chi connectivity index (χ4n) is 2.59. The highest BCUT2D eigenvalue weighted by molar-refractivity contribution is 5.42. The first-order chi connectivity index (χ1) is 7.43. The smallest absolute Gasteiger partial charge is 0.258 e. The van der Waals surface area contributed by atoms with E-state index in [2.05, 4.69) is 4.98 Å². The van der Waals surface area contributed by atoms with Crippen molar-refractivity contribution in [2.24, 2.45) is 0 Å². The summed E-state index contributed by atoms with van der Waals surface area (Å²) in [5.41, 5.74) is 3.38. The molecule has 0 saturated carbocycles. The monoisotopic (exact) mass is 225 g/mol. The van der Waals surface area contributed by atoms with Crippen molar-refractivity contribution < 1.29 is 8.78 Å². The molecule has 1 nitrogen and oxygen atoms in total. The Morgan fingerprint density at radius 2 is 1.75 bits per heavy atom. The number of pyridine rings is 1. The molecular formula is C13H17F2N. The molecule has 0 fully saturated rings. The second-order valence-corrected chi connectivity index (χ2v) is 4.67. The average Bonchev–Trinajstić information content (AvgIpc) is 2.33. The van der Waals surface area contributed by atoms with E-state index in [1.54, 1.807) is 6.92 Å². The lowest BCUT2D eigenvalue weighted by Crippen LogP contribution is -2.18. The van der Waals surface area contributed by atoms with E-state index in [0.29, 0.717) is 12.1 Å². The van der Waals surface area contributed by atoms with Gasteiger partial charge in [0, 0.05) is 23.4 Å². The van der Waals surface area contributed by atoms with Crippen molar-refractivity contribution in [2.45, 2.75) is 52.4 Å². The highest BCUT2D eigenvalue weighted by Crippen LogP contribution is 2.41. The third-order valence-corrected chi connectivity index (χ3v) is 3.53. The number of fused-ring (bicyclic) bond motifs is 1. The molecule has 1 heterocycles. The Morgan fingerprint density at radius 1 is 1.06 bits per heavy atom. The van der Waals surface area contributed by atoms with Crippen molar-refractivity contribution in [3.05, 3.63) is 28.1 Å². The van der Waals surface area contributed by atoms with E-state index in [-0.39, 0.29) is 12.0 Å². The largest absolute Gasteiger partial charge is 0.275 e. The van der Waals surface area contributed by atoms with Crippen LogP contribution in [-0.2, 0) is 12.3 Å². The molecular weight excluding hydrogens is 208 g/mol. The second kappa shape index (κ2) is 3.79. The highest BCUT2D eigenvalue weighted by Gasteiger charge is 2.38. The lowest BCUT2D eigenvalue weighted by molar-refractivity contribution is -0.0147. The molecule has 3 heteroatoms. The van der Waals surface area contributed by atoms with Gasteiger partial charge < -0.3 is 0 Å². The van der Waals surface area contributed by atoms with Gasteiger partial charge in [-0.1, -0.05) is 0 Å². The van der Waals surface area contributed by atoms with E-state index in [1.165, 1.54) is 0 Å². The molecule has 1 aromatic heterocycles. The maximum absolute atomic E-state index is 14.0. The molecule has 16 heavy (non-hydrogen) atoms. The van der Waals surface area contributed by atoms with Crippen LogP contribution in [0.4, 0.5) is 8.78 Å². The lowest BCUT2D eigenvalue weighted by Gasteiger charge is -2.21. The van der Waals surface area contributed by atoms with Crippen LogP contribution in [0, 0.1) is 20.8 Å². The molecule has 2 rings (SSSR count). The lowest BCUT2D eigenvalue weighted by atomic mass is 9.94. The number of aromatic nitrogens is 1. The third-order valence-electron chi connectivity index (χ3n) is 3.53. The fraction of sp³-hybridized carbons (Fsp3) is 0.615. The minimum Gasteiger partial charge on any atom is -0.258 e. The molecule has 1 aliphatic carbocycles. The zero-order valence-electron chi connectivity index (χ0n) is 10.0. The number of halogens is 2. The summed E-state index contributed by atoms with van der Waals surface area (Å²) in [4.78, 5) is 4.24. The summed E-state index contributed by atoms with van der Waals surface area (Å²) in [6, 6.07) is 0. The van der Waals surface area contributed by atoms with E-state index in [9.17, 15) is 8.78 Å². The van der Waals surface area contributed by atoms with Crippen LogP contribution in [0.2, 0.25) is 0 Å². The van der Waals surface area contributed by atoms with Crippen LogP contribution in [0.15, 0.2) is 0 Å². The molecule has 0 saturated heterocycles. The maximum atomic E-state index is 14.0. The van der Waals surface area contributed by atoms with Crippen LogP contribution in [0.3, 0.4) is 0 Å². The SMILES string of the molecule is Cc1nc(C)c2c(c1C)CCCCC2(F)F. The third kappa shape index (κ3) is 1.72. The predicted octanol–water partition coefficient (Wildman–Crippen LogP) is 3.83. The van der Waals surface area contributed by atoms with Crippen molar-refractivity contribution in [3.8, 4) is 0 Å². The van der Waals surface area contributed by atoms with Crippen molar-refractivity contribution in [1.29, 1.82) is 0 Å². The minimum atomic E-state index is -2.69. The molecule has 0 aliphatic heterocycles. The summed E-state index contributed by atoms with van der Waals surface area (Å²) in [6.07, 6.45) is 2.18. The van der Waals surface area contributed by atoms with E-state index >= 15 is 0 Å². The minimum absolute atomic E-state index is 0.0367. The Kier molecular flexibility index (Phi) is 2.72. The molecule has 0 aromatic carbocycles. The average molecular weight is 225 g/mol. The molecule has 1 aliphatic rings. The Hall–Kier alpha value is -0.990. The van der Waals surface area contributed by atoms with Gasteiger partial charge in [-0.3, -0.25) is 4.98 Å². The Morgan fingerprint density at radius 3 is 2.44 bits per heavy atom. The van der Waals surface area contributed by atoms with Gasteiger partial charge in [-0.15, -0.1) is 0 Å². The summed E-state index contributed by atoms with van der Waals surface area (Å²) in [7, 11) is 0.